The molecule has 1 heterocycles. The minimum Gasteiger partial charge on any atom is -0.504 e. The van der Waals surface area contributed by atoms with Crippen molar-refractivity contribution in [1.82, 2.24) is 0 Å². The van der Waals surface area contributed by atoms with Gasteiger partial charge in [-0.1, -0.05) is 6.07 Å². The van der Waals surface area contributed by atoms with Gasteiger partial charge >= 0.3 is 0 Å². The third-order valence-electron chi connectivity index (χ3n) is 3.67. The molecule has 7 heteroatoms. The normalized spacial score (nSPS) is 10.8. The predicted octanol–water partition coefficient (Wildman–Crippen LogP) is 2.59. The third kappa shape index (κ3) is 2.26. The largest absolute Gasteiger partial charge is 0.504 e. The number of phenolic OH excluding ortho intramolecular Hbond substituents is 3. The Labute approximate surface area is 135 Å². The zero-order valence-electron chi connectivity index (χ0n) is 12.9. The van der Waals surface area contributed by atoms with Gasteiger partial charge in [-0.3, -0.25) is 4.79 Å². The van der Waals surface area contributed by atoms with E-state index in [9.17, 15) is 20.1 Å². The van der Waals surface area contributed by atoms with Crippen LogP contribution in [-0.2, 0) is 0 Å². The van der Waals surface area contributed by atoms with E-state index in [-0.39, 0.29) is 39.5 Å². The monoisotopic (exact) mass is 330 g/mol. The Bertz CT molecular complexity index is 988. The second-order valence-electron chi connectivity index (χ2n) is 5.02. The molecule has 7 nitrogen and oxygen atoms in total. The van der Waals surface area contributed by atoms with E-state index in [1.165, 1.54) is 44.7 Å². The minimum absolute atomic E-state index is 0.0188. The molecule has 2 aromatic carbocycles. The van der Waals surface area contributed by atoms with Gasteiger partial charge in [-0.15, -0.1) is 0 Å². The average molecular weight is 330 g/mol. The second kappa shape index (κ2) is 5.69. The number of benzene rings is 2. The van der Waals surface area contributed by atoms with Gasteiger partial charge < -0.3 is 29.2 Å². The van der Waals surface area contributed by atoms with E-state index in [0.29, 0.717) is 5.56 Å². The van der Waals surface area contributed by atoms with Gasteiger partial charge in [0, 0.05) is 6.07 Å². The number of hydrogen-bond acceptors (Lipinski definition) is 7. The zero-order chi connectivity index (χ0) is 17.4. The topological polar surface area (TPSA) is 109 Å². The lowest BCUT2D eigenvalue weighted by Gasteiger charge is -2.10. The molecular weight excluding hydrogens is 316 g/mol. The number of phenols is 3. The van der Waals surface area contributed by atoms with Crippen molar-refractivity contribution < 1.29 is 29.2 Å². The van der Waals surface area contributed by atoms with Crippen LogP contribution in [0.1, 0.15) is 0 Å². The summed E-state index contributed by atoms with van der Waals surface area (Å²) in [5.74, 6) is -0.936. The first-order valence-electron chi connectivity index (χ1n) is 6.89. The molecule has 3 rings (SSSR count). The average Bonchev–Trinajstić information content (AvgIpc) is 2.56. The Morgan fingerprint density at radius 1 is 1.00 bits per heavy atom. The molecule has 0 aliphatic rings. The summed E-state index contributed by atoms with van der Waals surface area (Å²) in [5.41, 5.74) is 0.0978. The Morgan fingerprint density at radius 3 is 2.42 bits per heavy atom. The van der Waals surface area contributed by atoms with Gasteiger partial charge in [-0.2, -0.15) is 0 Å². The summed E-state index contributed by atoms with van der Waals surface area (Å²) in [4.78, 5) is 12.8. The van der Waals surface area contributed by atoms with Crippen LogP contribution in [0.2, 0.25) is 0 Å². The van der Waals surface area contributed by atoms with Crippen LogP contribution in [0.15, 0.2) is 39.7 Å². The van der Waals surface area contributed by atoms with Crippen LogP contribution in [0, 0.1) is 0 Å². The molecule has 0 radical (unpaired) electrons. The molecule has 0 unspecified atom stereocenters. The van der Waals surface area contributed by atoms with Crippen LogP contribution < -0.4 is 14.9 Å². The highest BCUT2D eigenvalue weighted by molar-refractivity contribution is 5.91. The zero-order valence-corrected chi connectivity index (χ0v) is 12.9. The molecule has 0 bridgehead atoms. The van der Waals surface area contributed by atoms with Crippen molar-refractivity contribution in [2.75, 3.05) is 14.2 Å². The maximum Gasteiger partial charge on any atom is 0.204 e. The van der Waals surface area contributed by atoms with Crippen LogP contribution in [0.25, 0.3) is 22.1 Å². The SMILES string of the molecule is COc1cc(-c2coc3cc(O)c(OC)c(O)c3c2=O)ccc1O. The Balaban J connectivity index is 2.32. The number of methoxy groups -OCH3 is 2. The number of hydrogen-bond donors (Lipinski definition) is 3. The van der Waals surface area contributed by atoms with Crippen LogP contribution >= 0.6 is 0 Å². The van der Waals surface area contributed by atoms with Gasteiger partial charge in [0.2, 0.25) is 11.2 Å². The van der Waals surface area contributed by atoms with Crippen LogP contribution in [-0.4, -0.2) is 29.5 Å². The molecule has 0 spiro atoms. The van der Waals surface area contributed by atoms with E-state index >= 15 is 0 Å². The minimum atomic E-state index is -0.514. The fourth-order valence-electron chi connectivity index (χ4n) is 2.48. The van der Waals surface area contributed by atoms with Gasteiger partial charge in [0.1, 0.15) is 17.2 Å². The lowest BCUT2D eigenvalue weighted by Crippen LogP contribution is -2.05. The molecule has 0 saturated heterocycles. The molecule has 3 aromatic rings. The number of fused-ring (bicyclic) bond motifs is 1. The van der Waals surface area contributed by atoms with Crippen LogP contribution in [0.3, 0.4) is 0 Å². The fraction of sp³-hybridized carbons (Fsp3) is 0.118. The van der Waals surface area contributed by atoms with Gasteiger partial charge in [-0.05, 0) is 17.7 Å². The van der Waals surface area contributed by atoms with Crippen molar-refractivity contribution in [1.29, 1.82) is 0 Å². The summed E-state index contributed by atoms with van der Waals surface area (Å²) in [6.07, 6.45) is 1.21. The summed E-state index contributed by atoms with van der Waals surface area (Å²) >= 11 is 0. The number of aromatic hydroxyl groups is 3. The standard InChI is InChI=1S/C17H14O7/c1-22-12-5-8(3-4-10(12)18)9-7-24-13-6-11(19)17(23-2)16(21)14(13)15(9)20/h3-7,18-19,21H,1-2H3. The maximum absolute atomic E-state index is 12.8. The first kappa shape index (κ1) is 15.5. The summed E-state index contributed by atoms with van der Waals surface area (Å²) < 4.78 is 15.3. The van der Waals surface area contributed by atoms with E-state index in [1.54, 1.807) is 0 Å². The molecule has 3 N–H and O–H groups in total. The first-order chi connectivity index (χ1) is 11.5. The molecule has 0 fully saturated rings. The molecule has 0 saturated carbocycles. The van der Waals surface area contributed by atoms with Crippen molar-refractivity contribution in [2.45, 2.75) is 0 Å². The molecule has 0 amide bonds. The highest BCUT2D eigenvalue weighted by Gasteiger charge is 2.20. The first-order valence-corrected chi connectivity index (χ1v) is 6.89. The van der Waals surface area contributed by atoms with Crippen molar-refractivity contribution in [3.05, 3.63) is 40.8 Å². The number of rotatable bonds is 3. The Morgan fingerprint density at radius 2 is 1.75 bits per heavy atom. The van der Waals surface area contributed by atoms with Crippen LogP contribution in [0.4, 0.5) is 0 Å². The third-order valence-corrected chi connectivity index (χ3v) is 3.67. The van der Waals surface area contributed by atoms with Gasteiger partial charge in [0.15, 0.2) is 23.0 Å². The molecule has 0 atom stereocenters. The fourth-order valence-corrected chi connectivity index (χ4v) is 2.48. The Hall–Kier alpha value is -3.35. The van der Waals surface area contributed by atoms with Crippen molar-refractivity contribution in [2.24, 2.45) is 0 Å². The van der Waals surface area contributed by atoms with Crippen molar-refractivity contribution in [3.8, 4) is 39.9 Å². The molecule has 24 heavy (non-hydrogen) atoms. The quantitative estimate of drug-likeness (QED) is 0.677. The van der Waals surface area contributed by atoms with Gasteiger partial charge in [0.05, 0.1) is 19.8 Å². The second-order valence-corrected chi connectivity index (χ2v) is 5.02. The summed E-state index contributed by atoms with van der Waals surface area (Å²) in [6.45, 7) is 0. The van der Waals surface area contributed by atoms with Crippen molar-refractivity contribution >= 4 is 11.0 Å². The van der Waals surface area contributed by atoms with E-state index in [2.05, 4.69) is 0 Å². The predicted molar refractivity (Wildman–Crippen MR) is 86.0 cm³/mol. The molecule has 1 aromatic heterocycles. The highest BCUT2D eigenvalue weighted by atomic mass is 16.5. The number of ether oxygens (including phenoxy) is 2. The van der Waals surface area contributed by atoms with E-state index in [4.69, 9.17) is 13.9 Å². The smallest absolute Gasteiger partial charge is 0.204 e. The molecule has 0 aliphatic carbocycles. The Kier molecular flexibility index (Phi) is 3.69. The van der Waals surface area contributed by atoms with E-state index in [1.807, 2.05) is 0 Å². The summed E-state index contributed by atoms with van der Waals surface area (Å²) in [7, 11) is 2.65. The molecule has 0 aliphatic heterocycles. The lowest BCUT2D eigenvalue weighted by atomic mass is 10.0. The van der Waals surface area contributed by atoms with Crippen LogP contribution in [0.5, 0.6) is 28.7 Å². The lowest BCUT2D eigenvalue weighted by molar-refractivity contribution is 0.346. The molecular formula is C17H14O7. The maximum atomic E-state index is 12.8. The van der Waals surface area contributed by atoms with E-state index in [0.717, 1.165) is 0 Å². The van der Waals surface area contributed by atoms with E-state index < -0.39 is 11.2 Å². The highest BCUT2D eigenvalue weighted by Crippen LogP contribution is 2.41. The van der Waals surface area contributed by atoms with Gasteiger partial charge in [-0.25, -0.2) is 0 Å². The van der Waals surface area contributed by atoms with Gasteiger partial charge in [0.25, 0.3) is 0 Å². The van der Waals surface area contributed by atoms with Crippen molar-refractivity contribution in [3.63, 3.8) is 0 Å². The summed E-state index contributed by atoms with van der Waals surface area (Å²) in [6, 6.07) is 5.57. The summed E-state index contributed by atoms with van der Waals surface area (Å²) in [5, 5.41) is 29.5. The molecule has 124 valence electrons.